The van der Waals surface area contributed by atoms with Crippen LogP contribution in [0.15, 0.2) is 47.6 Å². The number of sulfonamides is 1. The molecule has 0 fully saturated rings. The molecule has 0 radical (unpaired) electrons. The summed E-state index contributed by atoms with van der Waals surface area (Å²) in [6.45, 7) is 3.08. The predicted octanol–water partition coefficient (Wildman–Crippen LogP) is 2.37. The normalized spacial score (nSPS) is 12.4. The fraction of sp³-hybridized carbons (Fsp3) is 0.333. The molecular weight excluding hydrogens is 425 g/mol. The lowest BCUT2D eigenvalue weighted by Crippen LogP contribution is -2.51. The second-order valence-corrected chi connectivity index (χ2v) is 8.26. The average Bonchev–Trinajstić information content (AvgIpc) is 2.67. The SMILES string of the molecule is COc1ccc(S(=O)(=O)N(Cc2cccnc2)[C@@H](C(=O)NO)C(C)C)cc1F.Cl. The summed E-state index contributed by atoms with van der Waals surface area (Å²) in [5, 5.41) is 9.11. The molecule has 1 amide bonds. The van der Waals surface area contributed by atoms with Crippen molar-refractivity contribution in [2.75, 3.05) is 7.11 Å². The van der Waals surface area contributed by atoms with Crippen molar-refractivity contribution in [1.29, 1.82) is 0 Å². The number of nitrogens with one attached hydrogen (secondary N) is 1. The zero-order valence-electron chi connectivity index (χ0n) is 16.1. The minimum atomic E-state index is -4.31. The average molecular weight is 448 g/mol. The number of amides is 1. The van der Waals surface area contributed by atoms with Gasteiger partial charge in [0.2, 0.25) is 10.0 Å². The lowest BCUT2D eigenvalue weighted by atomic mass is 10.0. The summed E-state index contributed by atoms with van der Waals surface area (Å²) < 4.78 is 46.4. The molecule has 0 aliphatic heterocycles. The van der Waals surface area contributed by atoms with E-state index in [0.29, 0.717) is 5.56 Å². The van der Waals surface area contributed by atoms with Gasteiger partial charge in [0.25, 0.3) is 5.91 Å². The van der Waals surface area contributed by atoms with Gasteiger partial charge in [0.1, 0.15) is 6.04 Å². The highest BCUT2D eigenvalue weighted by Crippen LogP contribution is 2.27. The van der Waals surface area contributed by atoms with Crippen molar-refractivity contribution in [2.45, 2.75) is 31.3 Å². The van der Waals surface area contributed by atoms with Gasteiger partial charge in [-0.1, -0.05) is 19.9 Å². The standard InChI is InChI=1S/C18H22FN3O5S.ClH/c1-12(2)17(18(23)21-24)22(11-13-5-4-8-20-10-13)28(25,26)14-6-7-16(27-3)15(19)9-14;/h4-10,12,17,24H,11H2,1-3H3,(H,21,23);1H/t17-;/m1./s1. The number of pyridine rings is 1. The Bertz CT molecular complexity index is 928. The van der Waals surface area contributed by atoms with Gasteiger partial charge >= 0.3 is 0 Å². The van der Waals surface area contributed by atoms with Crippen LogP contribution in [0.25, 0.3) is 0 Å². The third kappa shape index (κ3) is 5.63. The summed E-state index contributed by atoms with van der Waals surface area (Å²) in [6, 6.07) is 5.27. The summed E-state index contributed by atoms with van der Waals surface area (Å²) >= 11 is 0. The number of halogens is 2. The van der Waals surface area contributed by atoms with Crippen LogP contribution in [-0.2, 0) is 21.4 Å². The van der Waals surface area contributed by atoms with Gasteiger partial charge in [-0.3, -0.25) is 15.0 Å². The molecule has 1 heterocycles. The molecule has 29 heavy (non-hydrogen) atoms. The van der Waals surface area contributed by atoms with E-state index in [1.807, 2.05) is 0 Å². The number of rotatable bonds is 8. The molecule has 160 valence electrons. The van der Waals surface area contributed by atoms with Crippen molar-refractivity contribution in [3.8, 4) is 5.75 Å². The van der Waals surface area contributed by atoms with Gasteiger partial charge in [0.05, 0.1) is 12.0 Å². The zero-order valence-corrected chi connectivity index (χ0v) is 17.7. The topological polar surface area (TPSA) is 109 Å². The van der Waals surface area contributed by atoms with Crippen LogP contribution in [0.1, 0.15) is 19.4 Å². The molecule has 0 spiro atoms. The minimum Gasteiger partial charge on any atom is -0.494 e. The molecule has 0 aliphatic rings. The van der Waals surface area contributed by atoms with Crippen LogP contribution in [0.4, 0.5) is 4.39 Å². The molecule has 0 saturated heterocycles. The summed E-state index contributed by atoms with van der Waals surface area (Å²) in [5.41, 5.74) is 2.04. The highest BCUT2D eigenvalue weighted by molar-refractivity contribution is 7.89. The third-order valence-electron chi connectivity index (χ3n) is 4.11. The first kappa shape index (κ1) is 24.8. The molecule has 0 saturated carbocycles. The van der Waals surface area contributed by atoms with E-state index in [2.05, 4.69) is 4.98 Å². The molecule has 11 heteroatoms. The van der Waals surface area contributed by atoms with Crippen LogP contribution in [-0.4, -0.2) is 42.0 Å². The van der Waals surface area contributed by atoms with E-state index in [1.165, 1.54) is 37.1 Å². The molecule has 0 unspecified atom stereocenters. The maximum atomic E-state index is 14.1. The first-order chi connectivity index (χ1) is 13.2. The highest BCUT2D eigenvalue weighted by Gasteiger charge is 2.38. The number of hydrogen-bond donors (Lipinski definition) is 2. The minimum absolute atomic E-state index is 0. The van der Waals surface area contributed by atoms with E-state index in [0.717, 1.165) is 10.4 Å². The molecule has 0 aliphatic carbocycles. The second-order valence-electron chi connectivity index (χ2n) is 6.37. The number of nitrogens with zero attached hydrogens (tertiary/aromatic N) is 2. The molecule has 2 aromatic rings. The van der Waals surface area contributed by atoms with Crippen molar-refractivity contribution >= 4 is 28.3 Å². The van der Waals surface area contributed by atoms with Gasteiger partial charge in [0, 0.05) is 18.9 Å². The third-order valence-corrected chi connectivity index (χ3v) is 5.93. The Kier molecular flexibility index (Phi) is 8.96. The van der Waals surface area contributed by atoms with Gasteiger partial charge in [-0.15, -0.1) is 12.4 Å². The fourth-order valence-corrected chi connectivity index (χ4v) is 4.50. The number of benzene rings is 1. The number of hydroxylamine groups is 1. The van der Waals surface area contributed by atoms with Gasteiger partial charge in [-0.05, 0) is 35.7 Å². The number of hydrogen-bond acceptors (Lipinski definition) is 6. The van der Waals surface area contributed by atoms with Crippen LogP contribution in [0, 0.1) is 11.7 Å². The van der Waals surface area contributed by atoms with E-state index in [4.69, 9.17) is 9.94 Å². The Morgan fingerprint density at radius 2 is 2.03 bits per heavy atom. The van der Waals surface area contributed by atoms with Gasteiger partial charge < -0.3 is 4.74 Å². The monoisotopic (exact) mass is 447 g/mol. The lowest BCUT2D eigenvalue weighted by molar-refractivity contribution is -0.134. The summed E-state index contributed by atoms with van der Waals surface area (Å²) in [5.74, 6) is -2.33. The zero-order chi connectivity index (χ0) is 20.9. The number of ether oxygens (including phenoxy) is 1. The Morgan fingerprint density at radius 3 is 2.52 bits per heavy atom. The maximum Gasteiger partial charge on any atom is 0.262 e. The van der Waals surface area contributed by atoms with Crippen LogP contribution >= 0.6 is 12.4 Å². The Hall–Kier alpha value is -2.27. The first-order valence-electron chi connectivity index (χ1n) is 8.40. The van der Waals surface area contributed by atoms with Crippen molar-refractivity contribution < 1.29 is 27.5 Å². The molecular formula is C18H23ClFN3O5S. The number of methoxy groups -OCH3 is 1. The van der Waals surface area contributed by atoms with Gasteiger partial charge in [-0.2, -0.15) is 4.31 Å². The molecule has 1 aromatic heterocycles. The lowest BCUT2D eigenvalue weighted by Gasteiger charge is -2.32. The van der Waals surface area contributed by atoms with Gasteiger partial charge in [-0.25, -0.2) is 18.3 Å². The van der Waals surface area contributed by atoms with Gasteiger partial charge in [0.15, 0.2) is 11.6 Å². The fourth-order valence-electron chi connectivity index (χ4n) is 2.78. The molecule has 0 bridgehead atoms. The Balaban J connectivity index is 0.00000420. The summed E-state index contributed by atoms with van der Waals surface area (Å²) in [4.78, 5) is 15.9. The van der Waals surface area contributed by atoms with Crippen LogP contribution in [0.3, 0.4) is 0 Å². The van der Waals surface area contributed by atoms with Crippen molar-refractivity contribution in [3.05, 3.63) is 54.1 Å². The van der Waals surface area contributed by atoms with Crippen molar-refractivity contribution in [2.24, 2.45) is 5.92 Å². The smallest absolute Gasteiger partial charge is 0.262 e. The number of carbonyl (C=O) groups excluding carboxylic acids is 1. The van der Waals surface area contributed by atoms with E-state index in [1.54, 1.807) is 26.0 Å². The van der Waals surface area contributed by atoms with E-state index >= 15 is 0 Å². The maximum absolute atomic E-state index is 14.1. The van der Waals surface area contributed by atoms with E-state index in [9.17, 15) is 17.6 Å². The highest BCUT2D eigenvalue weighted by atomic mass is 35.5. The quantitative estimate of drug-likeness (QED) is 0.475. The van der Waals surface area contributed by atoms with E-state index in [-0.39, 0.29) is 29.6 Å². The van der Waals surface area contributed by atoms with Crippen LogP contribution in [0.5, 0.6) is 5.75 Å². The summed E-state index contributed by atoms with van der Waals surface area (Å²) in [7, 11) is -3.04. The largest absolute Gasteiger partial charge is 0.494 e. The molecule has 2 N–H and O–H groups in total. The van der Waals surface area contributed by atoms with Crippen molar-refractivity contribution in [1.82, 2.24) is 14.8 Å². The molecule has 1 aromatic carbocycles. The number of aromatic nitrogens is 1. The summed E-state index contributed by atoms with van der Waals surface area (Å²) in [6.07, 6.45) is 2.99. The Labute approximate surface area is 175 Å². The second kappa shape index (κ2) is 10.5. The molecule has 8 nitrogen and oxygen atoms in total. The van der Waals surface area contributed by atoms with Crippen LogP contribution in [0.2, 0.25) is 0 Å². The Morgan fingerprint density at radius 1 is 1.34 bits per heavy atom. The van der Waals surface area contributed by atoms with E-state index < -0.39 is 33.7 Å². The predicted molar refractivity (Wildman–Crippen MR) is 106 cm³/mol. The van der Waals surface area contributed by atoms with Crippen LogP contribution < -0.4 is 10.2 Å². The number of carbonyl (C=O) groups is 1. The first-order valence-corrected chi connectivity index (χ1v) is 9.84. The molecule has 2 rings (SSSR count). The van der Waals surface area contributed by atoms with Crippen molar-refractivity contribution in [3.63, 3.8) is 0 Å². The molecule has 1 atom stereocenters.